The predicted molar refractivity (Wildman–Crippen MR) is 88.5 cm³/mol. The van der Waals surface area contributed by atoms with E-state index < -0.39 is 0 Å². The molecule has 1 fully saturated rings. The Morgan fingerprint density at radius 2 is 2.30 bits per heavy atom. The van der Waals surface area contributed by atoms with Crippen LogP contribution in [0.1, 0.15) is 26.7 Å². The van der Waals surface area contributed by atoms with Gasteiger partial charge in [-0.2, -0.15) is 5.10 Å². The molecule has 0 spiro atoms. The van der Waals surface area contributed by atoms with Gasteiger partial charge >= 0.3 is 0 Å². The van der Waals surface area contributed by atoms with Gasteiger partial charge in [0, 0.05) is 39.2 Å². The molecule has 0 saturated carbocycles. The first-order chi connectivity index (χ1) is 11.0. The Bertz CT molecular complexity index is 585. The summed E-state index contributed by atoms with van der Waals surface area (Å²) in [4.78, 5) is 25.4. The number of hydrogen-bond donors (Lipinski definition) is 1. The fraction of sp³-hybridized carbons (Fsp3) is 0.688. The second kappa shape index (κ2) is 8.10. The van der Waals surface area contributed by atoms with Gasteiger partial charge in [-0.25, -0.2) is 4.68 Å². The normalized spacial score (nSPS) is 18.3. The number of morpholine rings is 1. The smallest absolute Gasteiger partial charge is 0.268 e. The summed E-state index contributed by atoms with van der Waals surface area (Å²) < 4.78 is 7.06. The Balaban J connectivity index is 1.82. The maximum absolute atomic E-state index is 11.7. The van der Waals surface area contributed by atoms with Crippen LogP contribution in [0.4, 0.5) is 5.69 Å². The van der Waals surface area contributed by atoms with Crippen LogP contribution in [-0.4, -0.2) is 48.0 Å². The van der Waals surface area contributed by atoms with Gasteiger partial charge in [-0.1, -0.05) is 13.8 Å². The molecule has 1 amide bonds. The lowest BCUT2D eigenvalue weighted by Crippen LogP contribution is -2.44. The molecule has 1 aliphatic heterocycles. The van der Waals surface area contributed by atoms with Gasteiger partial charge in [0.05, 0.1) is 24.6 Å². The molecule has 0 aromatic carbocycles. The highest BCUT2D eigenvalue weighted by atomic mass is 16.5. The third-order valence-corrected chi connectivity index (χ3v) is 3.84. The minimum atomic E-state index is -0.119. The third kappa shape index (κ3) is 5.35. The maximum Gasteiger partial charge on any atom is 0.268 e. The molecule has 128 valence electrons. The van der Waals surface area contributed by atoms with E-state index in [0.29, 0.717) is 32.0 Å². The van der Waals surface area contributed by atoms with Crippen LogP contribution >= 0.6 is 0 Å². The number of nitrogens with zero attached hydrogens (tertiary/aromatic N) is 3. The highest BCUT2D eigenvalue weighted by Gasteiger charge is 2.21. The van der Waals surface area contributed by atoms with Crippen LogP contribution in [0, 0.1) is 5.92 Å². The predicted octanol–water partition coefficient (Wildman–Crippen LogP) is 0.538. The first-order valence-corrected chi connectivity index (χ1v) is 8.12. The molecule has 1 atom stereocenters. The van der Waals surface area contributed by atoms with E-state index in [-0.39, 0.29) is 17.6 Å². The van der Waals surface area contributed by atoms with Crippen LogP contribution < -0.4 is 15.8 Å². The molecule has 0 radical (unpaired) electrons. The number of hydrogen-bond acceptors (Lipinski definition) is 5. The molecule has 0 bridgehead atoms. The van der Waals surface area contributed by atoms with Gasteiger partial charge in [0.2, 0.25) is 5.91 Å². The van der Waals surface area contributed by atoms with E-state index in [4.69, 9.17) is 4.74 Å². The minimum absolute atomic E-state index is 0.0483. The molecule has 23 heavy (non-hydrogen) atoms. The van der Waals surface area contributed by atoms with Crippen molar-refractivity contribution in [3.63, 3.8) is 0 Å². The Morgan fingerprint density at radius 1 is 1.52 bits per heavy atom. The van der Waals surface area contributed by atoms with Crippen molar-refractivity contribution in [3.8, 4) is 0 Å². The number of ether oxygens (including phenoxy) is 1. The summed E-state index contributed by atoms with van der Waals surface area (Å²) in [6.45, 7) is 6.72. The molecule has 1 unspecified atom stereocenters. The standard InChI is InChI=1S/C16H26N4O3/c1-12(2)8-15(21)17-5-4-14-11-20(6-7-23-14)13-9-16(22)19(3)18-10-13/h9-10,12,14H,4-8,11H2,1-3H3,(H,17,21). The van der Waals surface area contributed by atoms with Gasteiger partial charge in [0.25, 0.3) is 5.56 Å². The fourth-order valence-corrected chi connectivity index (χ4v) is 2.58. The largest absolute Gasteiger partial charge is 0.374 e. The van der Waals surface area contributed by atoms with Gasteiger partial charge in [-0.3, -0.25) is 9.59 Å². The monoisotopic (exact) mass is 322 g/mol. The van der Waals surface area contributed by atoms with Crippen molar-refractivity contribution in [1.82, 2.24) is 15.1 Å². The zero-order chi connectivity index (χ0) is 16.8. The average Bonchev–Trinajstić information content (AvgIpc) is 2.49. The van der Waals surface area contributed by atoms with Crippen LogP contribution in [0.15, 0.2) is 17.1 Å². The Kier molecular flexibility index (Phi) is 6.15. The molecule has 1 saturated heterocycles. The van der Waals surface area contributed by atoms with E-state index in [1.54, 1.807) is 19.3 Å². The quantitative estimate of drug-likeness (QED) is 0.827. The van der Waals surface area contributed by atoms with E-state index in [0.717, 1.165) is 18.7 Å². The zero-order valence-corrected chi connectivity index (χ0v) is 14.1. The topological polar surface area (TPSA) is 76.5 Å². The molecule has 7 nitrogen and oxygen atoms in total. The van der Waals surface area contributed by atoms with Gasteiger partial charge < -0.3 is 15.0 Å². The third-order valence-electron chi connectivity index (χ3n) is 3.84. The molecule has 1 N–H and O–H groups in total. The van der Waals surface area contributed by atoms with Gasteiger partial charge in [-0.15, -0.1) is 0 Å². The van der Waals surface area contributed by atoms with Crippen LogP contribution in [0.3, 0.4) is 0 Å². The number of aromatic nitrogens is 2. The molecule has 1 aromatic rings. The number of anilines is 1. The van der Waals surface area contributed by atoms with E-state index in [9.17, 15) is 9.59 Å². The zero-order valence-electron chi connectivity index (χ0n) is 14.1. The summed E-state index contributed by atoms with van der Waals surface area (Å²) in [5.74, 6) is 0.452. The Labute approximate surface area is 136 Å². The van der Waals surface area contributed by atoms with Crippen molar-refractivity contribution >= 4 is 11.6 Å². The molecule has 7 heteroatoms. The SMILES string of the molecule is CC(C)CC(=O)NCCC1CN(c2cnn(C)c(=O)c2)CCO1. The Hall–Kier alpha value is -1.89. The summed E-state index contributed by atoms with van der Waals surface area (Å²) >= 11 is 0. The van der Waals surface area contributed by atoms with Gasteiger partial charge in [0.1, 0.15) is 0 Å². The average molecular weight is 322 g/mol. The first kappa shape index (κ1) is 17.5. The van der Waals surface area contributed by atoms with Crippen molar-refractivity contribution < 1.29 is 9.53 Å². The minimum Gasteiger partial charge on any atom is -0.374 e. The van der Waals surface area contributed by atoms with Crippen molar-refractivity contribution in [3.05, 3.63) is 22.6 Å². The molecule has 1 aliphatic rings. The summed E-state index contributed by atoms with van der Waals surface area (Å²) in [5, 5.41) is 6.99. The van der Waals surface area contributed by atoms with Gasteiger partial charge in [0.15, 0.2) is 0 Å². The van der Waals surface area contributed by atoms with Crippen LogP contribution in [0.5, 0.6) is 0 Å². The maximum atomic E-state index is 11.7. The highest BCUT2D eigenvalue weighted by Crippen LogP contribution is 2.16. The van der Waals surface area contributed by atoms with E-state index in [1.807, 2.05) is 13.8 Å². The van der Waals surface area contributed by atoms with Crippen LogP contribution in [-0.2, 0) is 16.6 Å². The van der Waals surface area contributed by atoms with Crippen LogP contribution in [0.25, 0.3) is 0 Å². The van der Waals surface area contributed by atoms with E-state index in [2.05, 4.69) is 15.3 Å². The van der Waals surface area contributed by atoms with Crippen molar-refractivity contribution in [1.29, 1.82) is 0 Å². The van der Waals surface area contributed by atoms with Gasteiger partial charge in [-0.05, 0) is 12.3 Å². The van der Waals surface area contributed by atoms with Crippen LogP contribution in [0.2, 0.25) is 0 Å². The van der Waals surface area contributed by atoms with Crippen molar-refractivity contribution in [2.45, 2.75) is 32.8 Å². The highest BCUT2D eigenvalue weighted by molar-refractivity contribution is 5.75. The van der Waals surface area contributed by atoms with Crippen molar-refractivity contribution in [2.75, 3.05) is 31.1 Å². The van der Waals surface area contributed by atoms with Crippen molar-refractivity contribution in [2.24, 2.45) is 13.0 Å². The number of carbonyl (C=O) groups is 1. The molecular formula is C16H26N4O3. The molecule has 1 aromatic heterocycles. The summed E-state index contributed by atoms with van der Waals surface area (Å²) in [6.07, 6.45) is 3.07. The lowest BCUT2D eigenvalue weighted by atomic mass is 10.1. The number of rotatable bonds is 6. The Morgan fingerprint density at radius 3 is 3.00 bits per heavy atom. The molecule has 2 heterocycles. The second-order valence-electron chi connectivity index (χ2n) is 6.35. The molecular weight excluding hydrogens is 296 g/mol. The lowest BCUT2D eigenvalue weighted by molar-refractivity contribution is -0.121. The number of aryl methyl sites for hydroxylation is 1. The number of nitrogens with one attached hydrogen (secondary N) is 1. The van der Waals surface area contributed by atoms with E-state index in [1.165, 1.54) is 4.68 Å². The van der Waals surface area contributed by atoms with E-state index >= 15 is 0 Å². The number of carbonyl (C=O) groups excluding carboxylic acids is 1. The summed E-state index contributed by atoms with van der Waals surface area (Å²) in [6, 6.07) is 1.60. The summed E-state index contributed by atoms with van der Waals surface area (Å²) in [7, 11) is 1.63. The lowest BCUT2D eigenvalue weighted by Gasteiger charge is -2.34. The number of amides is 1. The molecule has 2 rings (SSSR count). The first-order valence-electron chi connectivity index (χ1n) is 8.12. The second-order valence-corrected chi connectivity index (χ2v) is 6.35. The molecule has 0 aliphatic carbocycles. The fourth-order valence-electron chi connectivity index (χ4n) is 2.58. The summed E-state index contributed by atoms with van der Waals surface area (Å²) in [5.41, 5.74) is 0.705.